The predicted octanol–water partition coefficient (Wildman–Crippen LogP) is 3.48. The molecule has 0 saturated carbocycles. The molecule has 21 heavy (non-hydrogen) atoms. The first-order valence-electron chi connectivity index (χ1n) is 6.44. The molecule has 0 aromatic heterocycles. The Morgan fingerprint density at radius 2 is 1.81 bits per heavy atom. The maximum absolute atomic E-state index is 10.8. The van der Waals surface area contributed by atoms with Crippen LogP contribution in [0, 0.1) is 0 Å². The normalized spacial score (nSPS) is 10.8. The van der Waals surface area contributed by atoms with E-state index in [1.54, 1.807) is 36.4 Å². The topological polar surface area (TPSA) is 60.8 Å². The fourth-order valence-electron chi connectivity index (χ4n) is 2.09. The Morgan fingerprint density at radius 1 is 1.14 bits per heavy atom. The third-order valence-corrected chi connectivity index (χ3v) is 3.63. The third kappa shape index (κ3) is 4.31. The van der Waals surface area contributed by atoms with Gasteiger partial charge in [0.1, 0.15) is 5.75 Å². The molecule has 0 heterocycles. The molecule has 0 unspecified atom stereocenters. The minimum Gasteiger partial charge on any atom is -0.508 e. The van der Waals surface area contributed by atoms with Crippen molar-refractivity contribution in [1.29, 1.82) is 0 Å². The maximum atomic E-state index is 10.8. The molecule has 0 spiro atoms. The van der Waals surface area contributed by atoms with E-state index in [2.05, 4.69) is 20.8 Å². The van der Waals surface area contributed by atoms with Crippen LogP contribution in [0.15, 0.2) is 46.9 Å². The van der Waals surface area contributed by atoms with E-state index in [-0.39, 0.29) is 11.3 Å². The minimum atomic E-state index is -0.922. The number of phenolic OH excluding ortho intramolecular Hbond substituents is 1. The lowest BCUT2D eigenvalue weighted by molar-refractivity contribution is 0.0697. The van der Waals surface area contributed by atoms with Crippen LogP contribution in [0.25, 0.3) is 0 Å². The molecule has 110 valence electrons. The lowest BCUT2D eigenvalue weighted by Crippen LogP contribution is -2.17. The monoisotopic (exact) mass is 349 g/mol. The summed E-state index contributed by atoms with van der Waals surface area (Å²) < 4.78 is 0.925. The van der Waals surface area contributed by atoms with E-state index in [4.69, 9.17) is 5.11 Å². The molecule has 0 radical (unpaired) electrons. The number of carbonyl (C=O) groups is 1. The lowest BCUT2D eigenvalue weighted by atomic mass is 10.1. The van der Waals surface area contributed by atoms with Gasteiger partial charge < -0.3 is 10.2 Å². The zero-order valence-electron chi connectivity index (χ0n) is 11.6. The van der Waals surface area contributed by atoms with Crippen LogP contribution in [-0.4, -0.2) is 28.1 Å². The van der Waals surface area contributed by atoms with E-state index >= 15 is 0 Å². The van der Waals surface area contributed by atoms with Gasteiger partial charge in [0.05, 0.1) is 5.56 Å². The Kier molecular flexibility index (Phi) is 4.98. The number of aromatic carboxylic acids is 1. The number of carboxylic acids is 1. The molecule has 0 atom stereocenters. The highest BCUT2D eigenvalue weighted by Gasteiger charge is 2.07. The van der Waals surface area contributed by atoms with Gasteiger partial charge in [0.2, 0.25) is 0 Å². The second-order valence-corrected chi connectivity index (χ2v) is 5.86. The largest absolute Gasteiger partial charge is 0.508 e. The number of nitrogens with zero attached hydrogens (tertiary/aromatic N) is 1. The average Bonchev–Trinajstić information content (AvgIpc) is 2.43. The molecule has 2 aromatic carbocycles. The zero-order valence-corrected chi connectivity index (χ0v) is 13.2. The van der Waals surface area contributed by atoms with Crippen LogP contribution >= 0.6 is 15.9 Å². The standard InChI is InChI=1S/C16H16BrNO3/c1-18(10-13-8-14(17)6-7-15(13)19)9-11-2-4-12(5-3-11)16(20)21/h2-8,19H,9-10H2,1H3,(H,20,21). The summed E-state index contributed by atoms with van der Waals surface area (Å²) in [6.07, 6.45) is 0. The summed E-state index contributed by atoms with van der Waals surface area (Å²) in [5.41, 5.74) is 2.15. The Labute approximate surface area is 131 Å². The van der Waals surface area contributed by atoms with Gasteiger partial charge in [0, 0.05) is 23.1 Å². The van der Waals surface area contributed by atoms with Crippen molar-refractivity contribution in [2.75, 3.05) is 7.05 Å². The summed E-state index contributed by atoms with van der Waals surface area (Å²) in [7, 11) is 1.95. The van der Waals surface area contributed by atoms with Crippen LogP contribution in [0.1, 0.15) is 21.5 Å². The number of hydrogen-bond acceptors (Lipinski definition) is 3. The Balaban J connectivity index is 2.02. The van der Waals surface area contributed by atoms with Crippen molar-refractivity contribution in [3.05, 3.63) is 63.6 Å². The molecule has 2 aromatic rings. The number of aromatic hydroxyl groups is 1. The molecule has 0 aliphatic rings. The number of halogens is 1. The summed E-state index contributed by atoms with van der Waals surface area (Å²) >= 11 is 3.39. The van der Waals surface area contributed by atoms with Crippen molar-refractivity contribution in [2.24, 2.45) is 0 Å². The molecule has 0 amide bonds. The lowest BCUT2D eigenvalue weighted by Gasteiger charge is -2.18. The van der Waals surface area contributed by atoms with E-state index in [9.17, 15) is 9.90 Å². The van der Waals surface area contributed by atoms with E-state index in [0.717, 1.165) is 15.6 Å². The second kappa shape index (κ2) is 6.74. The van der Waals surface area contributed by atoms with Gasteiger partial charge in [-0.1, -0.05) is 28.1 Å². The summed E-state index contributed by atoms with van der Waals surface area (Å²) in [6.45, 7) is 1.28. The maximum Gasteiger partial charge on any atom is 0.335 e. The minimum absolute atomic E-state index is 0.270. The SMILES string of the molecule is CN(Cc1ccc(C(=O)O)cc1)Cc1cc(Br)ccc1O. The van der Waals surface area contributed by atoms with E-state index in [0.29, 0.717) is 13.1 Å². The highest BCUT2D eigenvalue weighted by Crippen LogP contribution is 2.23. The van der Waals surface area contributed by atoms with Gasteiger partial charge in [-0.3, -0.25) is 4.90 Å². The average molecular weight is 350 g/mol. The summed E-state index contributed by atoms with van der Waals surface area (Å²) in [5, 5.41) is 18.7. The summed E-state index contributed by atoms with van der Waals surface area (Å²) in [4.78, 5) is 12.9. The van der Waals surface area contributed by atoms with Crippen molar-refractivity contribution >= 4 is 21.9 Å². The number of hydrogen-bond donors (Lipinski definition) is 2. The van der Waals surface area contributed by atoms with Crippen molar-refractivity contribution in [2.45, 2.75) is 13.1 Å². The molecule has 0 saturated heterocycles. The fourth-order valence-corrected chi connectivity index (χ4v) is 2.50. The first-order valence-corrected chi connectivity index (χ1v) is 7.23. The first-order chi connectivity index (χ1) is 9.95. The van der Waals surface area contributed by atoms with Crippen LogP contribution in [0.5, 0.6) is 5.75 Å². The van der Waals surface area contributed by atoms with E-state index in [1.807, 2.05) is 13.1 Å². The van der Waals surface area contributed by atoms with Gasteiger partial charge in [0.25, 0.3) is 0 Å². The molecule has 4 nitrogen and oxygen atoms in total. The van der Waals surface area contributed by atoms with E-state index in [1.165, 1.54) is 0 Å². The van der Waals surface area contributed by atoms with Crippen LogP contribution in [0.2, 0.25) is 0 Å². The number of phenols is 1. The molecule has 2 N–H and O–H groups in total. The molecular weight excluding hydrogens is 334 g/mol. The second-order valence-electron chi connectivity index (χ2n) is 4.95. The van der Waals surface area contributed by atoms with Gasteiger partial charge in [-0.15, -0.1) is 0 Å². The number of rotatable bonds is 5. The first kappa shape index (κ1) is 15.5. The number of benzene rings is 2. The molecule has 0 fully saturated rings. The van der Waals surface area contributed by atoms with Gasteiger partial charge in [-0.2, -0.15) is 0 Å². The molecular formula is C16H16BrNO3. The van der Waals surface area contributed by atoms with Gasteiger partial charge >= 0.3 is 5.97 Å². The Bertz CT molecular complexity index is 640. The van der Waals surface area contributed by atoms with Crippen LogP contribution in [0.4, 0.5) is 0 Å². The summed E-state index contributed by atoms with van der Waals surface area (Å²) in [6, 6.07) is 12.2. The Morgan fingerprint density at radius 3 is 2.43 bits per heavy atom. The quantitative estimate of drug-likeness (QED) is 0.867. The van der Waals surface area contributed by atoms with Crippen LogP contribution in [0.3, 0.4) is 0 Å². The van der Waals surface area contributed by atoms with Crippen molar-refractivity contribution < 1.29 is 15.0 Å². The van der Waals surface area contributed by atoms with E-state index < -0.39 is 5.97 Å². The van der Waals surface area contributed by atoms with Gasteiger partial charge in [0.15, 0.2) is 0 Å². The number of carboxylic acid groups (broad SMARTS) is 1. The zero-order chi connectivity index (χ0) is 15.4. The van der Waals surface area contributed by atoms with Gasteiger partial charge in [-0.25, -0.2) is 4.79 Å². The van der Waals surface area contributed by atoms with Crippen molar-refractivity contribution in [1.82, 2.24) is 4.90 Å². The van der Waals surface area contributed by atoms with Crippen molar-refractivity contribution in [3.63, 3.8) is 0 Å². The highest BCUT2D eigenvalue weighted by molar-refractivity contribution is 9.10. The Hall–Kier alpha value is -1.85. The smallest absolute Gasteiger partial charge is 0.335 e. The van der Waals surface area contributed by atoms with Crippen molar-refractivity contribution in [3.8, 4) is 5.75 Å². The molecule has 2 rings (SSSR count). The van der Waals surface area contributed by atoms with Crippen LogP contribution in [-0.2, 0) is 13.1 Å². The fraction of sp³-hybridized carbons (Fsp3) is 0.188. The molecule has 0 aliphatic carbocycles. The molecule has 5 heteroatoms. The highest BCUT2D eigenvalue weighted by atomic mass is 79.9. The molecule has 0 aliphatic heterocycles. The summed E-state index contributed by atoms with van der Waals surface area (Å²) in [5.74, 6) is -0.653. The molecule has 0 bridgehead atoms. The van der Waals surface area contributed by atoms with Crippen LogP contribution < -0.4 is 0 Å². The third-order valence-electron chi connectivity index (χ3n) is 3.14. The predicted molar refractivity (Wildman–Crippen MR) is 84.4 cm³/mol. The van der Waals surface area contributed by atoms with Gasteiger partial charge in [-0.05, 0) is 42.9 Å².